The van der Waals surface area contributed by atoms with Gasteiger partial charge >= 0.3 is 0 Å². The van der Waals surface area contributed by atoms with Crippen LogP contribution in [-0.2, 0) is 14.8 Å². The Kier molecular flexibility index (Phi) is 4.91. The first-order chi connectivity index (χ1) is 8.65. The van der Waals surface area contributed by atoms with Crippen molar-refractivity contribution in [3.63, 3.8) is 0 Å². The van der Waals surface area contributed by atoms with Crippen LogP contribution in [0.2, 0.25) is 0 Å². The molecule has 0 aliphatic carbocycles. The summed E-state index contributed by atoms with van der Waals surface area (Å²) in [5, 5.41) is 9.17. The smallest absolute Gasteiger partial charge is 0.247 e. The molecule has 0 bridgehead atoms. The molecule has 0 aromatic heterocycles. The van der Waals surface area contributed by atoms with Gasteiger partial charge in [0.1, 0.15) is 6.10 Å². The molecule has 0 radical (unpaired) electrons. The summed E-state index contributed by atoms with van der Waals surface area (Å²) < 4.78 is 26.7. The Labute approximate surface area is 119 Å². The zero-order valence-electron chi connectivity index (χ0n) is 10.1. The Morgan fingerprint density at radius 2 is 2.11 bits per heavy atom. The van der Waals surface area contributed by atoms with Crippen molar-refractivity contribution in [1.82, 2.24) is 4.72 Å². The van der Waals surface area contributed by atoms with Crippen molar-refractivity contribution in [3.05, 3.63) is 22.2 Å². The standard InChI is InChI=1S/C10H14BrN3O4S/c1-5-2-6(11)7(12)3-9(5)19(17,18)14-4-8(15)10(13)16/h2-3,8,14-15H,4,12H2,1H3,(H2,13,16). The van der Waals surface area contributed by atoms with Gasteiger partial charge in [0.05, 0.1) is 4.90 Å². The topological polar surface area (TPSA) is 136 Å². The number of rotatable bonds is 5. The number of benzene rings is 1. The molecule has 0 saturated heterocycles. The van der Waals surface area contributed by atoms with Gasteiger partial charge in [0.15, 0.2) is 0 Å². The summed E-state index contributed by atoms with van der Waals surface area (Å²) in [6.45, 7) is 1.11. The van der Waals surface area contributed by atoms with E-state index >= 15 is 0 Å². The van der Waals surface area contributed by atoms with Crippen LogP contribution in [0.5, 0.6) is 0 Å². The number of aryl methyl sites for hydroxylation is 1. The maximum absolute atomic E-state index is 12.0. The second kappa shape index (κ2) is 5.87. The molecule has 1 rings (SSSR count). The van der Waals surface area contributed by atoms with E-state index in [1.165, 1.54) is 6.07 Å². The molecule has 1 aromatic carbocycles. The minimum absolute atomic E-state index is 0.0233. The number of carbonyl (C=O) groups excluding carboxylic acids is 1. The first-order valence-electron chi connectivity index (χ1n) is 5.18. The van der Waals surface area contributed by atoms with E-state index in [4.69, 9.17) is 11.5 Å². The second-order valence-electron chi connectivity index (χ2n) is 3.91. The number of aliphatic hydroxyl groups excluding tert-OH is 1. The van der Waals surface area contributed by atoms with Crippen LogP contribution in [0.4, 0.5) is 5.69 Å². The minimum atomic E-state index is -3.88. The Morgan fingerprint density at radius 1 is 1.53 bits per heavy atom. The van der Waals surface area contributed by atoms with E-state index in [-0.39, 0.29) is 10.6 Å². The molecule has 0 aliphatic heterocycles. The van der Waals surface area contributed by atoms with Gasteiger partial charge in [-0.2, -0.15) is 0 Å². The monoisotopic (exact) mass is 351 g/mol. The number of primary amides is 1. The van der Waals surface area contributed by atoms with Gasteiger partial charge in [-0.1, -0.05) is 0 Å². The lowest BCUT2D eigenvalue weighted by atomic mass is 10.2. The van der Waals surface area contributed by atoms with Crippen molar-refractivity contribution in [1.29, 1.82) is 0 Å². The molecular weight excluding hydrogens is 338 g/mol. The summed E-state index contributed by atoms with van der Waals surface area (Å²) in [5.41, 5.74) is 11.2. The van der Waals surface area contributed by atoms with Gasteiger partial charge in [-0.25, -0.2) is 13.1 Å². The number of nitrogens with two attached hydrogens (primary N) is 2. The van der Waals surface area contributed by atoms with Crippen LogP contribution in [0, 0.1) is 6.92 Å². The summed E-state index contributed by atoms with van der Waals surface area (Å²) in [5.74, 6) is -1.00. The van der Waals surface area contributed by atoms with Gasteiger partial charge in [-0.15, -0.1) is 0 Å². The Morgan fingerprint density at radius 3 is 2.63 bits per heavy atom. The third-order valence-corrected chi connectivity index (χ3v) is 4.63. The normalized spacial score (nSPS) is 13.2. The lowest BCUT2D eigenvalue weighted by Crippen LogP contribution is -2.40. The average molecular weight is 352 g/mol. The summed E-state index contributed by atoms with van der Waals surface area (Å²) in [4.78, 5) is 10.6. The van der Waals surface area contributed by atoms with Gasteiger partial charge in [0.2, 0.25) is 15.9 Å². The van der Waals surface area contributed by atoms with Crippen LogP contribution in [0.15, 0.2) is 21.5 Å². The van der Waals surface area contributed by atoms with Crippen LogP contribution in [0.1, 0.15) is 5.56 Å². The van der Waals surface area contributed by atoms with Crippen molar-refractivity contribution in [2.45, 2.75) is 17.9 Å². The summed E-state index contributed by atoms with van der Waals surface area (Å²) in [6.07, 6.45) is -1.58. The predicted octanol–water partition coefficient (Wildman–Crippen LogP) is -0.536. The number of anilines is 1. The Bertz CT molecular complexity index is 603. The molecule has 0 aliphatic rings. The van der Waals surface area contributed by atoms with Crippen molar-refractivity contribution >= 4 is 37.5 Å². The Hall–Kier alpha value is -1.16. The molecule has 0 saturated carbocycles. The molecule has 1 aromatic rings. The highest BCUT2D eigenvalue weighted by Gasteiger charge is 2.21. The summed E-state index contributed by atoms with van der Waals surface area (Å²) in [7, 11) is -3.88. The van der Waals surface area contributed by atoms with Crippen LogP contribution >= 0.6 is 15.9 Å². The van der Waals surface area contributed by atoms with Crippen molar-refractivity contribution in [2.75, 3.05) is 12.3 Å². The molecule has 1 amide bonds. The van der Waals surface area contributed by atoms with Crippen LogP contribution in [0.3, 0.4) is 0 Å². The number of aliphatic hydroxyl groups is 1. The molecule has 0 spiro atoms. The van der Waals surface area contributed by atoms with Gasteiger partial charge in [0, 0.05) is 16.7 Å². The van der Waals surface area contributed by atoms with E-state index in [2.05, 4.69) is 20.7 Å². The summed E-state index contributed by atoms with van der Waals surface area (Å²) in [6, 6.07) is 2.85. The molecule has 0 fully saturated rings. The number of nitrogen functional groups attached to an aromatic ring is 1. The largest absolute Gasteiger partial charge is 0.398 e. The minimum Gasteiger partial charge on any atom is -0.398 e. The molecule has 7 nitrogen and oxygen atoms in total. The van der Waals surface area contributed by atoms with E-state index in [0.29, 0.717) is 10.0 Å². The third kappa shape index (κ3) is 3.90. The fourth-order valence-corrected chi connectivity index (χ4v) is 3.08. The molecular formula is C10H14BrN3O4S. The predicted molar refractivity (Wildman–Crippen MR) is 73.7 cm³/mol. The number of nitrogens with one attached hydrogen (secondary N) is 1. The SMILES string of the molecule is Cc1cc(Br)c(N)cc1S(=O)(=O)NCC(O)C(N)=O. The molecule has 0 heterocycles. The second-order valence-corrected chi connectivity index (χ2v) is 6.50. The molecule has 9 heteroatoms. The number of halogens is 1. The fourth-order valence-electron chi connectivity index (χ4n) is 1.33. The average Bonchev–Trinajstić information content (AvgIpc) is 2.30. The first-order valence-corrected chi connectivity index (χ1v) is 7.45. The van der Waals surface area contributed by atoms with E-state index < -0.39 is 28.6 Å². The highest BCUT2D eigenvalue weighted by molar-refractivity contribution is 9.10. The molecule has 19 heavy (non-hydrogen) atoms. The van der Waals surface area contributed by atoms with Crippen LogP contribution < -0.4 is 16.2 Å². The molecule has 6 N–H and O–H groups in total. The number of sulfonamides is 1. The van der Waals surface area contributed by atoms with Crippen molar-refractivity contribution in [3.8, 4) is 0 Å². The highest BCUT2D eigenvalue weighted by atomic mass is 79.9. The van der Waals surface area contributed by atoms with E-state index in [1.807, 2.05) is 0 Å². The van der Waals surface area contributed by atoms with E-state index in [1.54, 1.807) is 13.0 Å². The number of hydrogen-bond acceptors (Lipinski definition) is 5. The van der Waals surface area contributed by atoms with Gasteiger partial charge < -0.3 is 16.6 Å². The number of hydrogen-bond donors (Lipinski definition) is 4. The lowest BCUT2D eigenvalue weighted by Gasteiger charge is -2.12. The van der Waals surface area contributed by atoms with Gasteiger partial charge in [-0.3, -0.25) is 4.79 Å². The fraction of sp³-hybridized carbons (Fsp3) is 0.300. The van der Waals surface area contributed by atoms with Gasteiger partial charge in [0.25, 0.3) is 0 Å². The van der Waals surface area contributed by atoms with Crippen molar-refractivity contribution < 1.29 is 18.3 Å². The third-order valence-electron chi connectivity index (χ3n) is 2.38. The van der Waals surface area contributed by atoms with E-state index in [0.717, 1.165) is 0 Å². The molecule has 1 unspecified atom stereocenters. The zero-order chi connectivity index (χ0) is 14.8. The van der Waals surface area contributed by atoms with Gasteiger partial charge in [-0.05, 0) is 40.5 Å². The molecule has 1 atom stereocenters. The maximum atomic E-state index is 12.0. The quantitative estimate of drug-likeness (QED) is 0.528. The Balaban J connectivity index is 3.01. The van der Waals surface area contributed by atoms with Crippen LogP contribution in [-0.4, -0.2) is 32.1 Å². The zero-order valence-corrected chi connectivity index (χ0v) is 12.5. The molecule has 106 valence electrons. The van der Waals surface area contributed by atoms with E-state index in [9.17, 15) is 18.3 Å². The van der Waals surface area contributed by atoms with Crippen LogP contribution in [0.25, 0.3) is 0 Å². The maximum Gasteiger partial charge on any atom is 0.247 e. The summed E-state index contributed by atoms with van der Waals surface area (Å²) >= 11 is 3.19. The number of carbonyl (C=O) groups is 1. The number of amides is 1. The first kappa shape index (κ1) is 15.9. The van der Waals surface area contributed by atoms with Crippen molar-refractivity contribution in [2.24, 2.45) is 5.73 Å². The lowest BCUT2D eigenvalue weighted by molar-refractivity contribution is -0.125. The highest BCUT2D eigenvalue weighted by Crippen LogP contribution is 2.26.